The summed E-state index contributed by atoms with van der Waals surface area (Å²) < 4.78 is 5.72. The van der Waals surface area contributed by atoms with Crippen LogP contribution < -0.4 is 20.7 Å². The number of benzene rings is 2. The summed E-state index contributed by atoms with van der Waals surface area (Å²) in [5, 5.41) is 10.1. The minimum Gasteiger partial charge on any atom is -0.493 e. The summed E-state index contributed by atoms with van der Waals surface area (Å²) in [6.07, 6.45) is 7.02. The fourth-order valence-corrected chi connectivity index (χ4v) is 4.24. The molecule has 186 valence electrons. The molecule has 0 aliphatic carbocycles. The number of urea groups is 1. The summed E-state index contributed by atoms with van der Waals surface area (Å²) in [5.74, 6) is 2.00. The minimum atomic E-state index is -0.197. The van der Waals surface area contributed by atoms with Crippen molar-refractivity contribution >= 4 is 45.7 Å². The molecule has 1 aliphatic heterocycles. The van der Waals surface area contributed by atoms with Gasteiger partial charge in [-0.05, 0) is 82.1 Å². The van der Waals surface area contributed by atoms with Gasteiger partial charge in [0.15, 0.2) is 0 Å². The first-order valence-electron chi connectivity index (χ1n) is 12.3. The standard InChI is InChI=1S/C26H33ClN6O2/c27-11-6-16-35-22-9-10-23-24(18-22)29-19-30-25(23)31-20-7-5-8-21(17-20)32-26(34)28-12-1-2-13-33-14-3-4-15-33/h5,7-10,17-19H,1-4,6,11-16H2,(H2,28,32,34)(H,29,30,31). The SMILES string of the molecule is O=C(NCCCCN1CCCC1)Nc1cccc(Nc2ncnc3cc(OCCCCl)ccc23)c1. The van der Waals surface area contributed by atoms with Gasteiger partial charge in [0.2, 0.25) is 0 Å². The Morgan fingerprint density at radius 3 is 2.74 bits per heavy atom. The van der Waals surface area contributed by atoms with Crippen molar-refractivity contribution < 1.29 is 9.53 Å². The van der Waals surface area contributed by atoms with Crippen molar-refractivity contribution in [2.24, 2.45) is 0 Å². The third kappa shape index (κ3) is 7.70. The molecule has 1 saturated heterocycles. The van der Waals surface area contributed by atoms with E-state index in [1.54, 1.807) is 0 Å². The van der Waals surface area contributed by atoms with Crippen molar-refractivity contribution in [3.63, 3.8) is 0 Å². The van der Waals surface area contributed by atoms with Gasteiger partial charge in [-0.25, -0.2) is 14.8 Å². The zero-order valence-corrected chi connectivity index (χ0v) is 20.7. The van der Waals surface area contributed by atoms with E-state index in [1.165, 1.54) is 32.3 Å². The van der Waals surface area contributed by atoms with Gasteiger partial charge in [-0.2, -0.15) is 0 Å². The molecule has 0 unspecified atom stereocenters. The molecule has 0 atom stereocenters. The number of amides is 2. The molecule has 1 aliphatic rings. The van der Waals surface area contributed by atoms with Gasteiger partial charge >= 0.3 is 6.03 Å². The van der Waals surface area contributed by atoms with Crippen molar-refractivity contribution in [3.8, 4) is 5.75 Å². The second kappa shape index (κ2) is 13.1. The fourth-order valence-electron chi connectivity index (χ4n) is 4.13. The number of anilines is 3. The van der Waals surface area contributed by atoms with E-state index in [-0.39, 0.29) is 6.03 Å². The third-order valence-electron chi connectivity index (χ3n) is 5.92. The lowest BCUT2D eigenvalue weighted by Gasteiger charge is -2.14. The number of fused-ring (bicyclic) bond motifs is 1. The van der Waals surface area contributed by atoms with Crippen molar-refractivity contribution in [3.05, 3.63) is 48.8 Å². The Morgan fingerprint density at radius 1 is 1.03 bits per heavy atom. The van der Waals surface area contributed by atoms with E-state index in [1.807, 2.05) is 42.5 Å². The molecular weight excluding hydrogens is 464 g/mol. The first-order valence-corrected chi connectivity index (χ1v) is 12.8. The number of alkyl halides is 1. The van der Waals surface area contributed by atoms with Gasteiger partial charge in [0.25, 0.3) is 0 Å². The number of hydrogen-bond acceptors (Lipinski definition) is 6. The Bertz CT molecular complexity index is 1110. The van der Waals surface area contributed by atoms with E-state index in [0.29, 0.717) is 30.5 Å². The van der Waals surface area contributed by atoms with Gasteiger partial charge < -0.3 is 25.6 Å². The van der Waals surface area contributed by atoms with Crippen LogP contribution in [0.15, 0.2) is 48.8 Å². The molecule has 1 fully saturated rings. The predicted octanol–water partition coefficient (Wildman–Crippen LogP) is 5.38. The van der Waals surface area contributed by atoms with Crippen molar-refractivity contribution in [2.75, 3.05) is 49.3 Å². The zero-order valence-electron chi connectivity index (χ0n) is 19.9. The molecular formula is C26H33ClN6O2. The summed E-state index contributed by atoms with van der Waals surface area (Å²) in [4.78, 5) is 23.6. The van der Waals surface area contributed by atoms with Gasteiger partial charge in [0.1, 0.15) is 17.9 Å². The molecule has 4 rings (SSSR count). The van der Waals surface area contributed by atoms with Gasteiger partial charge in [-0.3, -0.25) is 0 Å². The van der Waals surface area contributed by atoms with E-state index in [4.69, 9.17) is 16.3 Å². The molecule has 2 aromatic carbocycles. The number of unbranched alkanes of at least 4 members (excludes halogenated alkanes) is 1. The lowest BCUT2D eigenvalue weighted by atomic mass is 10.2. The number of hydrogen-bond donors (Lipinski definition) is 3. The van der Waals surface area contributed by atoms with Crippen LogP contribution in [0.5, 0.6) is 5.75 Å². The Kier molecular flexibility index (Phi) is 9.37. The Morgan fingerprint density at radius 2 is 1.89 bits per heavy atom. The zero-order chi connectivity index (χ0) is 24.3. The fraction of sp³-hybridized carbons (Fsp3) is 0.423. The molecule has 8 nitrogen and oxygen atoms in total. The molecule has 0 saturated carbocycles. The topological polar surface area (TPSA) is 91.4 Å². The molecule has 1 aromatic heterocycles. The van der Waals surface area contributed by atoms with Gasteiger partial charge in [-0.1, -0.05) is 6.07 Å². The Labute approximate surface area is 211 Å². The van der Waals surface area contributed by atoms with E-state index in [9.17, 15) is 4.79 Å². The number of nitrogens with one attached hydrogen (secondary N) is 3. The minimum absolute atomic E-state index is 0.197. The van der Waals surface area contributed by atoms with E-state index in [0.717, 1.165) is 48.1 Å². The van der Waals surface area contributed by atoms with Crippen LogP contribution >= 0.6 is 11.6 Å². The molecule has 3 N–H and O–H groups in total. The van der Waals surface area contributed by atoms with Crippen LogP contribution in [0.4, 0.5) is 22.0 Å². The van der Waals surface area contributed by atoms with Crippen LogP contribution in [0.3, 0.4) is 0 Å². The van der Waals surface area contributed by atoms with Crippen LogP contribution in [0, 0.1) is 0 Å². The number of carbonyl (C=O) groups is 1. The molecule has 0 radical (unpaired) electrons. The normalized spacial score (nSPS) is 13.6. The molecule has 3 aromatic rings. The molecule has 0 bridgehead atoms. The van der Waals surface area contributed by atoms with Gasteiger partial charge in [-0.15, -0.1) is 11.6 Å². The second-order valence-corrected chi connectivity index (χ2v) is 9.01. The first-order chi connectivity index (χ1) is 17.2. The number of nitrogens with zero attached hydrogens (tertiary/aromatic N) is 3. The number of likely N-dealkylation sites (tertiary alicyclic amines) is 1. The summed E-state index contributed by atoms with van der Waals surface area (Å²) in [7, 11) is 0. The maximum Gasteiger partial charge on any atom is 0.319 e. The van der Waals surface area contributed by atoms with E-state index < -0.39 is 0 Å². The third-order valence-corrected chi connectivity index (χ3v) is 6.19. The van der Waals surface area contributed by atoms with Gasteiger partial charge in [0, 0.05) is 35.3 Å². The highest BCUT2D eigenvalue weighted by molar-refractivity contribution is 6.17. The molecule has 2 heterocycles. The van der Waals surface area contributed by atoms with Crippen molar-refractivity contribution in [2.45, 2.75) is 32.1 Å². The van der Waals surface area contributed by atoms with E-state index in [2.05, 4.69) is 30.8 Å². The quantitative estimate of drug-likeness (QED) is 0.230. The molecule has 2 amide bonds. The lowest BCUT2D eigenvalue weighted by molar-refractivity contribution is 0.251. The highest BCUT2D eigenvalue weighted by atomic mass is 35.5. The number of rotatable bonds is 12. The Balaban J connectivity index is 1.29. The first kappa shape index (κ1) is 25.0. The molecule has 9 heteroatoms. The summed E-state index contributed by atoms with van der Waals surface area (Å²) in [6, 6.07) is 13.1. The largest absolute Gasteiger partial charge is 0.493 e. The Hall–Kier alpha value is -3.10. The summed E-state index contributed by atoms with van der Waals surface area (Å²) in [5.41, 5.74) is 2.30. The van der Waals surface area contributed by atoms with Crippen LogP contribution in [0.25, 0.3) is 10.9 Å². The van der Waals surface area contributed by atoms with Crippen LogP contribution in [-0.2, 0) is 0 Å². The number of halogens is 1. The highest BCUT2D eigenvalue weighted by Gasteiger charge is 2.10. The predicted molar refractivity (Wildman–Crippen MR) is 142 cm³/mol. The van der Waals surface area contributed by atoms with Crippen molar-refractivity contribution in [1.29, 1.82) is 0 Å². The summed E-state index contributed by atoms with van der Waals surface area (Å²) >= 11 is 5.72. The number of ether oxygens (including phenoxy) is 1. The van der Waals surface area contributed by atoms with Crippen LogP contribution in [0.2, 0.25) is 0 Å². The maximum atomic E-state index is 12.3. The average Bonchev–Trinajstić information content (AvgIpc) is 3.38. The van der Waals surface area contributed by atoms with Crippen molar-refractivity contribution in [1.82, 2.24) is 20.2 Å². The van der Waals surface area contributed by atoms with E-state index >= 15 is 0 Å². The maximum absolute atomic E-state index is 12.3. The average molecular weight is 497 g/mol. The highest BCUT2D eigenvalue weighted by Crippen LogP contribution is 2.27. The lowest BCUT2D eigenvalue weighted by Crippen LogP contribution is -2.30. The van der Waals surface area contributed by atoms with Gasteiger partial charge in [0.05, 0.1) is 12.1 Å². The smallest absolute Gasteiger partial charge is 0.319 e. The number of aromatic nitrogens is 2. The van der Waals surface area contributed by atoms with Crippen LogP contribution in [0.1, 0.15) is 32.1 Å². The summed E-state index contributed by atoms with van der Waals surface area (Å²) in [6.45, 7) is 4.79. The van der Waals surface area contributed by atoms with Crippen LogP contribution in [-0.4, -0.2) is 59.6 Å². The monoisotopic (exact) mass is 496 g/mol. The second-order valence-electron chi connectivity index (χ2n) is 8.63. The molecule has 0 spiro atoms. The molecule has 35 heavy (non-hydrogen) atoms. The number of carbonyl (C=O) groups excluding carboxylic acids is 1.